The molecule has 1 N–H and O–H groups in total. The molecule has 0 bridgehead atoms. The summed E-state index contributed by atoms with van der Waals surface area (Å²) in [6, 6.07) is 1.70. The van der Waals surface area contributed by atoms with Crippen molar-refractivity contribution in [3.8, 4) is 0 Å². The Morgan fingerprint density at radius 1 is 1.47 bits per heavy atom. The number of nitrogens with zero attached hydrogens (tertiary/aromatic N) is 3. The zero-order valence-corrected chi connectivity index (χ0v) is 9.75. The standard InChI is InChI=1S/C10H15ClN4/c1-3-5-12-9-7-8(11)14-10(15-9)13-6-4-2/h6-7H,3-5H2,1-2H3,(H,12,14,15). The van der Waals surface area contributed by atoms with Gasteiger partial charge in [-0.3, -0.25) is 0 Å². The lowest BCUT2D eigenvalue weighted by Crippen LogP contribution is -2.02. The predicted octanol–water partition coefficient (Wildman–Crippen LogP) is 3.06. The van der Waals surface area contributed by atoms with E-state index in [4.69, 9.17) is 11.6 Å². The minimum absolute atomic E-state index is 0.406. The summed E-state index contributed by atoms with van der Waals surface area (Å²) in [5.41, 5.74) is 0. The van der Waals surface area contributed by atoms with Gasteiger partial charge in [0.15, 0.2) is 0 Å². The second kappa shape index (κ2) is 6.35. The van der Waals surface area contributed by atoms with Crippen LogP contribution in [-0.4, -0.2) is 22.7 Å². The molecule has 0 spiro atoms. The van der Waals surface area contributed by atoms with Gasteiger partial charge in [-0.25, -0.2) is 4.99 Å². The van der Waals surface area contributed by atoms with Gasteiger partial charge in [0.05, 0.1) is 0 Å². The van der Waals surface area contributed by atoms with E-state index in [1.165, 1.54) is 0 Å². The Morgan fingerprint density at radius 2 is 2.27 bits per heavy atom. The molecule has 1 heterocycles. The summed E-state index contributed by atoms with van der Waals surface area (Å²) in [5.74, 6) is 1.13. The third-order valence-corrected chi connectivity index (χ3v) is 1.82. The summed E-state index contributed by atoms with van der Waals surface area (Å²) >= 11 is 5.84. The number of aromatic nitrogens is 2. The fourth-order valence-corrected chi connectivity index (χ4v) is 1.16. The van der Waals surface area contributed by atoms with Gasteiger partial charge in [0.2, 0.25) is 0 Å². The molecule has 0 saturated heterocycles. The van der Waals surface area contributed by atoms with Crippen molar-refractivity contribution < 1.29 is 0 Å². The van der Waals surface area contributed by atoms with Crippen molar-refractivity contribution in [3.63, 3.8) is 0 Å². The Balaban J connectivity index is 2.79. The monoisotopic (exact) mass is 226 g/mol. The van der Waals surface area contributed by atoms with Gasteiger partial charge >= 0.3 is 0 Å². The number of nitrogens with one attached hydrogen (secondary N) is 1. The first-order valence-electron chi connectivity index (χ1n) is 5.07. The van der Waals surface area contributed by atoms with Crippen LogP contribution in [0.15, 0.2) is 11.1 Å². The Labute approximate surface area is 94.8 Å². The first-order chi connectivity index (χ1) is 7.26. The molecular weight excluding hydrogens is 212 g/mol. The van der Waals surface area contributed by atoms with Crippen LogP contribution in [0.1, 0.15) is 26.7 Å². The Hall–Kier alpha value is -1.16. The first-order valence-corrected chi connectivity index (χ1v) is 5.45. The molecule has 1 aromatic rings. The second-order valence-corrected chi connectivity index (χ2v) is 3.41. The molecule has 0 aromatic carbocycles. The lowest BCUT2D eigenvalue weighted by molar-refractivity contribution is 0.964. The van der Waals surface area contributed by atoms with E-state index in [1.54, 1.807) is 12.3 Å². The molecule has 5 heteroatoms. The molecule has 0 aliphatic heterocycles. The van der Waals surface area contributed by atoms with E-state index in [2.05, 4.69) is 27.2 Å². The van der Waals surface area contributed by atoms with Gasteiger partial charge in [-0.1, -0.05) is 25.4 Å². The maximum absolute atomic E-state index is 5.84. The van der Waals surface area contributed by atoms with Crippen molar-refractivity contribution in [1.82, 2.24) is 9.97 Å². The van der Waals surface area contributed by atoms with E-state index in [0.29, 0.717) is 11.1 Å². The Bertz CT molecular complexity index is 338. The number of halogens is 1. The largest absolute Gasteiger partial charge is 0.370 e. The van der Waals surface area contributed by atoms with Gasteiger partial charge in [-0.15, -0.1) is 0 Å². The zero-order valence-electron chi connectivity index (χ0n) is 9.00. The van der Waals surface area contributed by atoms with Crippen molar-refractivity contribution in [2.24, 2.45) is 4.99 Å². The minimum Gasteiger partial charge on any atom is -0.370 e. The fraction of sp³-hybridized carbons (Fsp3) is 0.500. The van der Waals surface area contributed by atoms with E-state index >= 15 is 0 Å². The normalized spacial score (nSPS) is 10.9. The molecule has 0 aliphatic rings. The predicted molar refractivity (Wildman–Crippen MR) is 64.3 cm³/mol. The highest BCUT2D eigenvalue weighted by atomic mass is 35.5. The van der Waals surface area contributed by atoms with Gasteiger partial charge in [0, 0.05) is 18.8 Å². The van der Waals surface area contributed by atoms with Crippen molar-refractivity contribution >= 4 is 29.6 Å². The third-order valence-electron chi connectivity index (χ3n) is 1.63. The van der Waals surface area contributed by atoms with Crippen LogP contribution in [0.2, 0.25) is 5.15 Å². The first kappa shape index (κ1) is 11.9. The highest BCUT2D eigenvalue weighted by Gasteiger charge is 2.00. The molecule has 0 radical (unpaired) electrons. The number of rotatable bonds is 5. The Morgan fingerprint density at radius 3 is 2.93 bits per heavy atom. The van der Waals surface area contributed by atoms with Crippen molar-refractivity contribution in [3.05, 3.63) is 11.2 Å². The molecule has 0 saturated carbocycles. The summed E-state index contributed by atoms with van der Waals surface area (Å²) in [4.78, 5) is 12.3. The van der Waals surface area contributed by atoms with Gasteiger partial charge in [-0.2, -0.15) is 9.97 Å². The third kappa shape index (κ3) is 4.25. The molecule has 0 aliphatic carbocycles. The van der Waals surface area contributed by atoms with Crippen LogP contribution >= 0.6 is 11.6 Å². The lowest BCUT2D eigenvalue weighted by atomic mass is 10.4. The second-order valence-electron chi connectivity index (χ2n) is 3.02. The number of anilines is 1. The maximum Gasteiger partial charge on any atom is 0.252 e. The van der Waals surface area contributed by atoms with Crippen LogP contribution in [0.5, 0.6) is 0 Å². The lowest BCUT2D eigenvalue weighted by Gasteiger charge is -2.04. The molecule has 1 aromatic heterocycles. The van der Waals surface area contributed by atoms with Crippen molar-refractivity contribution in [2.75, 3.05) is 11.9 Å². The molecule has 0 atom stereocenters. The fourth-order valence-electron chi connectivity index (χ4n) is 0.980. The molecule has 0 fully saturated rings. The van der Waals surface area contributed by atoms with Crippen LogP contribution in [0.3, 0.4) is 0 Å². The van der Waals surface area contributed by atoms with Crippen molar-refractivity contribution in [2.45, 2.75) is 26.7 Å². The maximum atomic E-state index is 5.84. The van der Waals surface area contributed by atoms with Crippen LogP contribution in [0, 0.1) is 0 Å². The van der Waals surface area contributed by atoms with E-state index in [0.717, 1.165) is 25.2 Å². The van der Waals surface area contributed by atoms with Crippen LogP contribution < -0.4 is 5.32 Å². The van der Waals surface area contributed by atoms with E-state index in [-0.39, 0.29) is 0 Å². The van der Waals surface area contributed by atoms with Crippen LogP contribution in [-0.2, 0) is 0 Å². The van der Waals surface area contributed by atoms with Crippen molar-refractivity contribution in [1.29, 1.82) is 0 Å². The molecule has 1 rings (SSSR count). The average Bonchev–Trinajstić information content (AvgIpc) is 2.23. The highest BCUT2D eigenvalue weighted by molar-refractivity contribution is 6.29. The van der Waals surface area contributed by atoms with Gasteiger partial charge in [-0.05, 0) is 12.8 Å². The molecule has 15 heavy (non-hydrogen) atoms. The molecule has 82 valence electrons. The summed E-state index contributed by atoms with van der Waals surface area (Å²) in [7, 11) is 0. The van der Waals surface area contributed by atoms with Gasteiger partial charge in [0.1, 0.15) is 11.0 Å². The van der Waals surface area contributed by atoms with Crippen LogP contribution in [0.4, 0.5) is 11.8 Å². The SMILES string of the molecule is CCC=Nc1nc(Cl)cc(NCCC)n1. The number of hydrogen-bond donors (Lipinski definition) is 1. The minimum atomic E-state index is 0.406. The molecular formula is C10H15ClN4. The molecule has 0 unspecified atom stereocenters. The number of hydrogen-bond acceptors (Lipinski definition) is 4. The molecule has 0 amide bonds. The average molecular weight is 227 g/mol. The van der Waals surface area contributed by atoms with E-state index < -0.39 is 0 Å². The smallest absolute Gasteiger partial charge is 0.252 e. The molecule has 4 nitrogen and oxygen atoms in total. The highest BCUT2D eigenvalue weighted by Crippen LogP contribution is 2.15. The summed E-state index contributed by atoms with van der Waals surface area (Å²) < 4.78 is 0. The summed E-state index contributed by atoms with van der Waals surface area (Å²) in [6.07, 6.45) is 3.65. The van der Waals surface area contributed by atoms with E-state index in [9.17, 15) is 0 Å². The topological polar surface area (TPSA) is 50.2 Å². The quantitative estimate of drug-likeness (QED) is 0.620. The summed E-state index contributed by atoms with van der Waals surface area (Å²) in [6.45, 7) is 4.96. The zero-order chi connectivity index (χ0) is 11.1. The van der Waals surface area contributed by atoms with Gasteiger partial charge < -0.3 is 5.32 Å². The number of aliphatic imine (C=N–C) groups is 1. The van der Waals surface area contributed by atoms with E-state index in [1.807, 2.05) is 6.92 Å². The summed E-state index contributed by atoms with van der Waals surface area (Å²) in [5, 5.41) is 3.55. The van der Waals surface area contributed by atoms with Gasteiger partial charge in [0.25, 0.3) is 5.95 Å². The Kier molecular flexibility index (Phi) is 5.04. The van der Waals surface area contributed by atoms with Crippen LogP contribution in [0.25, 0.3) is 0 Å².